The molecule has 7 heteroatoms. The Morgan fingerprint density at radius 1 is 0.946 bits per heavy atom. The highest BCUT2D eigenvalue weighted by atomic mass is 28.3. The Morgan fingerprint density at radius 3 is 2.24 bits per heavy atom. The summed E-state index contributed by atoms with van der Waals surface area (Å²) in [5.74, 6) is 3.93. The number of fused-ring (bicyclic) bond motifs is 3. The van der Waals surface area contributed by atoms with Gasteiger partial charge in [0.2, 0.25) is 0 Å². The van der Waals surface area contributed by atoms with Gasteiger partial charge in [-0.25, -0.2) is 4.79 Å². The molecule has 1 aromatic heterocycles. The monoisotopic (exact) mass is 513 g/mol. The molecule has 1 N–H and O–H groups in total. The van der Waals surface area contributed by atoms with Gasteiger partial charge in [-0.1, -0.05) is 71.7 Å². The number of anilines is 1. The Bertz CT molecular complexity index is 1490. The Hall–Kier alpha value is -3.50. The molecule has 2 amide bonds. The quantitative estimate of drug-likeness (QED) is 0.343. The van der Waals surface area contributed by atoms with Crippen LogP contribution in [0.2, 0.25) is 16.6 Å². The zero-order valence-electron chi connectivity index (χ0n) is 22.9. The van der Waals surface area contributed by atoms with Gasteiger partial charge in [0.15, 0.2) is 5.54 Å². The van der Waals surface area contributed by atoms with Gasteiger partial charge in [-0.3, -0.25) is 9.36 Å². The Kier molecular flexibility index (Phi) is 5.80. The predicted octanol–water partition coefficient (Wildman–Crippen LogP) is 6.01. The van der Waals surface area contributed by atoms with Crippen LogP contribution in [-0.4, -0.2) is 38.7 Å². The molecule has 37 heavy (non-hydrogen) atoms. The topological polar surface area (TPSA) is 63.6 Å². The van der Waals surface area contributed by atoms with Crippen LogP contribution < -0.4 is 15.0 Å². The van der Waals surface area contributed by atoms with Crippen LogP contribution in [-0.2, 0) is 10.3 Å². The molecule has 0 aliphatic carbocycles. The minimum absolute atomic E-state index is 0.192. The van der Waals surface area contributed by atoms with E-state index >= 15 is 0 Å². The summed E-state index contributed by atoms with van der Waals surface area (Å²) < 4.78 is 7.06. The van der Waals surface area contributed by atoms with E-state index in [9.17, 15) is 9.59 Å². The molecular weight excluding hydrogens is 478 g/mol. The number of para-hydroxylation sites is 1. The maximum absolute atomic E-state index is 13.9. The molecule has 2 aliphatic rings. The summed E-state index contributed by atoms with van der Waals surface area (Å²) in [4.78, 5) is 29.3. The van der Waals surface area contributed by atoms with Crippen molar-refractivity contribution in [2.45, 2.75) is 63.7 Å². The van der Waals surface area contributed by atoms with E-state index < -0.39 is 13.6 Å². The summed E-state index contributed by atoms with van der Waals surface area (Å²) in [6.45, 7) is 13.7. The lowest BCUT2D eigenvalue weighted by Gasteiger charge is -2.38. The first-order valence-electron chi connectivity index (χ1n) is 13.0. The minimum Gasteiger partial charge on any atom is -0.497 e. The van der Waals surface area contributed by atoms with Crippen LogP contribution >= 0.6 is 0 Å². The molecule has 2 aliphatic heterocycles. The van der Waals surface area contributed by atoms with E-state index in [1.54, 1.807) is 23.6 Å². The molecule has 0 saturated heterocycles. The Morgan fingerprint density at radius 2 is 1.62 bits per heavy atom. The first kappa shape index (κ1) is 25.2. The normalized spacial score (nSPS) is 18.6. The van der Waals surface area contributed by atoms with E-state index in [-0.39, 0.29) is 11.9 Å². The largest absolute Gasteiger partial charge is 0.497 e. The zero-order valence-corrected chi connectivity index (χ0v) is 23.9. The standard InChI is InChI=1S/C30H35N3O3Si/c1-18(2)37(19(3)4,20(5)6)15-14-22-16-21-10-9-11-25-27(21)33(22)29(35)31-30(25)24-13-12-23(36-8)17-26(24)32(7)28(30)34/h9-13,16-20H,1-8H3,(H,31,35). The van der Waals surface area contributed by atoms with Crippen LogP contribution in [0.1, 0.15) is 58.4 Å². The maximum atomic E-state index is 13.9. The third-order valence-electron chi connectivity index (χ3n) is 8.59. The number of methoxy groups -OCH3 is 1. The number of nitrogens with zero attached hydrogens (tertiary/aromatic N) is 2. The number of carbonyl (C=O) groups is 2. The average molecular weight is 514 g/mol. The van der Waals surface area contributed by atoms with Gasteiger partial charge in [0.25, 0.3) is 5.91 Å². The van der Waals surface area contributed by atoms with Crippen LogP contribution in [0.15, 0.2) is 42.5 Å². The van der Waals surface area contributed by atoms with Gasteiger partial charge in [-0.2, -0.15) is 0 Å². The Balaban J connectivity index is 1.76. The lowest BCUT2D eigenvalue weighted by atomic mass is 9.82. The summed E-state index contributed by atoms with van der Waals surface area (Å²) in [5.41, 5.74) is 7.55. The molecule has 0 saturated carbocycles. The number of rotatable bonds is 4. The second kappa shape index (κ2) is 8.52. The molecule has 0 fully saturated rings. The third-order valence-corrected chi connectivity index (χ3v) is 14.9. The second-order valence-corrected chi connectivity index (χ2v) is 16.8. The van der Waals surface area contributed by atoms with E-state index in [2.05, 4.69) is 58.3 Å². The molecule has 1 atom stereocenters. The van der Waals surface area contributed by atoms with Crippen molar-refractivity contribution in [2.75, 3.05) is 19.1 Å². The number of nitrogens with one attached hydrogen (secondary N) is 1. The summed E-state index contributed by atoms with van der Waals surface area (Å²) in [5, 5.41) is 4.01. The highest BCUT2D eigenvalue weighted by Gasteiger charge is 2.55. The van der Waals surface area contributed by atoms with Gasteiger partial charge in [0.05, 0.1) is 18.3 Å². The molecule has 1 spiro atoms. The van der Waals surface area contributed by atoms with Gasteiger partial charge in [-0.05, 0) is 28.8 Å². The number of carbonyl (C=O) groups excluding carboxylic acids is 2. The number of hydrogen-bond donors (Lipinski definition) is 1. The van der Waals surface area contributed by atoms with E-state index in [1.165, 1.54) is 0 Å². The summed E-state index contributed by atoms with van der Waals surface area (Å²) >= 11 is 0. The average Bonchev–Trinajstić information content (AvgIpc) is 3.32. The maximum Gasteiger partial charge on any atom is 0.328 e. The van der Waals surface area contributed by atoms with Gasteiger partial charge >= 0.3 is 6.03 Å². The van der Waals surface area contributed by atoms with Crippen LogP contribution in [0.25, 0.3) is 10.9 Å². The second-order valence-electron chi connectivity index (χ2n) is 11.2. The number of likely N-dealkylation sites (N-methyl/N-ethyl adjacent to an activating group) is 1. The first-order valence-corrected chi connectivity index (χ1v) is 15.2. The van der Waals surface area contributed by atoms with E-state index in [0.717, 1.165) is 27.7 Å². The van der Waals surface area contributed by atoms with Crippen molar-refractivity contribution < 1.29 is 14.3 Å². The fourth-order valence-corrected chi connectivity index (χ4v) is 12.1. The number of benzene rings is 2. The van der Waals surface area contributed by atoms with Crippen LogP contribution in [0.5, 0.6) is 5.75 Å². The predicted molar refractivity (Wildman–Crippen MR) is 151 cm³/mol. The molecule has 5 rings (SSSR count). The molecule has 3 aromatic rings. The lowest BCUT2D eigenvalue weighted by molar-refractivity contribution is -0.122. The molecule has 2 aromatic carbocycles. The molecule has 0 radical (unpaired) electrons. The van der Waals surface area contributed by atoms with Gasteiger partial charge in [-0.15, -0.1) is 5.54 Å². The molecule has 0 bridgehead atoms. The van der Waals surface area contributed by atoms with Gasteiger partial charge < -0.3 is 15.0 Å². The van der Waals surface area contributed by atoms with Crippen molar-refractivity contribution in [3.05, 3.63) is 59.3 Å². The summed E-state index contributed by atoms with van der Waals surface area (Å²) in [6, 6.07) is 13.1. The van der Waals surface area contributed by atoms with Crippen molar-refractivity contribution in [3.63, 3.8) is 0 Å². The number of ether oxygens (including phenoxy) is 1. The smallest absolute Gasteiger partial charge is 0.328 e. The highest BCUT2D eigenvalue weighted by Crippen LogP contribution is 2.49. The van der Waals surface area contributed by atoms with Crippen molar-refractivity contribution in [1.29, 1.82) is 0 Å². The fraction of sp³-hybridized carbons (Fsp3) is 0.400. The number of hydrogen-bond acceptors (Lipinski definition) is 3. The Labute approximate surface area is 220 Å². The van der Waals surface area contributed by atoms with E-state index in [4.69, 9.17) is 4.74 Å². The molecule has 6 nitrogen and oxygen atoms in total. The first-order chi connectivity index (χ1) is 17.5. The van der Waals surface area contributed by atoms with Gasteiger partial charge in [0.1, 0.15) is 19.5 Å². The zero-order chi connectivity index (χ0) is 26.9. The number of amides is 2. The highest BCUT2D eigenvalue weighted by molar-refractivity contribution is 6.90. The van der Waals surface area contributed by atoms with Crippen molar-refractivity contribution in [2.24, 2.45) is 0 Å². The van der Waals surface area contributed by atoms with Gasteiger partial charge in [0, 0.05) is 29.6 Å². The summed E-state index contributed by atoms with van der Waals surface area (Å²) in [7, 11) is 1.34. The summed E-state index contributed by atoms with van der Waals surface area (Å²) in [6.07, 6.45) is 0. The molecular formula is C30H35N3O3Si. The van der Waals surface area contributed by atoms with Crippen LogP contribution in [0.4, 0.5) is 10.5 Å². The fourth-order valence-electron chi connectivity index (χ4n) is 6.84. The molecule has 192 valence electrons. The van der Waals surface area contributed by atoms with Crippen LogP contribution in [0, 0.1) is 11.5 Å². The molecule has 3 heterocycles. The minimum atomic E-state index is -2.00. The van der Waals surface area contributed by atoms with Crippen LogP contribution in [0.3, 0.4) is 0 Å². The molecule has 1 unspecified atom stereocenters. The van der Waals surface area contributed by atoms with Crippen molar-refractivity contribution >= 4 is 36.6 Å². The van der Waals surface area contributed by atoms with Crippen molar-refractivity contribution in [3.8, 4) is 17.2 Å². The lowest BCUT2D eigenvalue weighted by Crippen LogP contribution is -2.57. The van der Waals surface area contributed by atoms with Crippen molar-refractivity contribution in [1.82, 2.24) is 9.88 Å². The third kappa shape index (κ3) is 3.25. The van der Waals surface area contributed by atoms with E-state index in [1.807, 2.05) is 42.5 Å². The SMILES string of the molecule is COc1ccc2c(c1)N(C)C(=O)C21NC(=O)n2c(C#C[Si](C(C)C)(C(C)C)C(C)C)cc3cccc1c32. The number of aromatic nitrogens is 1. The van der Waals surface area contributed by atoms with E-state index in [0.29, 0.717) is 28.1 Å².